The van der Waals surface area contributed by atoms with E-state index in [9.17, 15) is 18.0 Å². The molecule has 1 aromatic carbocycles. The summed E-state index contributed by atoms with van der Waals surface area (Å²) in [6, 6.07) is 7.12. The number of benzene rings is 1. The molecule has 2 heterocycles. The highest BCUT2D eigenvalue weighted by Crippen LogP contribution is 2.46. The van der Waals surface area contributed by atoms with E-state index in [1.54, 1.807) is 18.2 Å². The first-order valence-corrected chi connectivity index (χ1v) is 10.8. The Labute approximate surface area is 196 Å². The van der Waals surface area contributed by atoms with E-state index in [1.807, 2.05) is 0 Å². The Hall–Kier alpha value is -2.78. The Morgan fingerprint density at radius 2 is 1.88 bits per heavy atom. The second-order valence-electron chi connectivity index (χ2n) is 7.30. The molecule has 3 aromatic rings. The van der Waals surface area contributed by atoms with Crippen molar-refractivity contribution < 1.29 is 32.0 Å². The van der Waals surface area contributed by atoms with Gasteiger partial charge in [0, 0.05) is 17.5 Å². The van der Waals surface area contributed by atoms with E-state index in [2.05, 4.69) is 10.1 Å². The second kappa shape index (κ2) is 9.23. The molecule has 0 radical (unpaired) electrons. The monoisotopic (exact) mass is 500 g/mol. The van der Waals surface area contributed by atoms with Gasteiger partial charge in [-0.2, -0.15) is 13.2 Å². The van der Waals surface area contributed by atoms with Gasteiger partial charge in [0.05, 0.1) is 27.8 Å². The number of nitrogens with zero attached hydrogens (tertiary/aromatic N) is 2. The Balaban J connectivity index is 1.67. The molecule has 0 bridgehead atoms. The predicted molar refractivity (Wildman–Crippen MR) is 113 cm³/mol. The van der Waals surface area contributed by atoms with Crippen molar-refractivity contribution >= 4 is 29.2 Å². The van der Waals surface area contributed by atoms with Crippen LogP contribution in [0.2, 0.25) is 10.0 Å². The van der Waals surface area contributed by atoms with Crippen LogP contribution in [0.4, 0.5) is 13.2 Å². The van der Waals surface area contributed by atoms with Gasteiger partial charge in [0.25, 0.3) is 0 Å². The number of rotatable bonds is 7. The van der Waals surface area contributed by atoms with E-state index < -0.39 is 23.4 Å². The van der Waals surface area contributed by atoms with Gasteiger partial charge in [-0.05, 0) is 38.0 Å². The third kappa shape index (κ3) is 4.94. The summed E-state index contributed by atoms with van der Waals surface area (Å²) >= 11 is 12.6. The zero-order valence-electron chi connectivity index (χ0n) is 17.2. The second-order valence-corrected chi connectivity index (χ2v) is 8.11. The molecule has 174 valence electrons. The molecule has 0 atom stereocenters. The number of pyridine rings is 1. The van der Waals surface area contributed by atoms with Crippen molar-refractivity contribution in [3.63, 3.8) is 0 Å². The average molecular weight is 501 g/mol. The number of esters is 1. The highest BCUT2D eigenvalue weighted by atomic mass is 35.5. The van der Waals surface area contributed by atoms with Gasteiger partial charge >= 0.3 is 12.1 Å². The van der Waals surface area contributed by atoms with Crippen LogP contribution in [0.15, 0.2) is 34.9 Å². The van der Waals surface area contributed by atoms with Crippen LogP contribution in [0, 0.1) is 0 Å². The van der Waals surface area contributed by atoms with Crippen LogP contribution in [-0.4, -0.2) is 22.7 Å². The number of carbonyl (C=O) groups is 1. The zero-order valence-corrected chi connectivity index (χ0v) is 18.7. The van der Waals surface area contributed by atoms with E-state index in [-0.39, 0.29) is 25.0 Å². The van der Waals surface area contributed by atoms with Crippen LogP contribution in [-0.2, 0) is 17.5 Å². The third-order valence-electron chi connectivity index (χ3n) is 4.96. The molecule has 0 aliphatic heterocycles. The molecule has 0 saturated heterocycles. The van der Waals surface area contributed by atoms with Crippen molar-refractivity contribution in [2.24, 2.45) is 0 Å². The van der Waals surface area contributed by atoms with Crippen LogP contribution in [0.1, 0.15) is 53.1 Å². The summed E-state index contributed by atoms with van der Waals surface area (Å²) in [5.74, 6) is -0.736. The van der Waals surface area contributed by atoms with Gasteiger partial charge in [0.15, 0.2) is 5.69 Å². The molecule has 2 aromatic heterocycles. The summed E-state index contributed by atoms with van der Waals surface area (Å²) in [6.07, 6.45) is -3.10. The fourth-order valence-corrected chi connectivity index (χ4v) is 3.88. The number of carbonyl (C=O) groups excluding carboxylic acids is 1. The lowest BCUT2D eigenvalue weighted by Crippen LogP contribution is -2.18. The van der Waals surface area contributed by atoms with Gasteiger partial charge < -0.3 is 14.0 Å². The largest absolute Gasteiger partial charge is 0.473 e. The Bertz CT molecular complexity index is 1170. The van der Waals surface area contributed by atoms with E-state index in [4.69, 9.17) is 37.2 Å². The number of aromatic nitrogens is 2. The SMILES string of the molecule is CCOC(=O)c1ccc(OCc2c(-c3c(Cl)cccc3Cl)noc2C2CC2)nc1C(F)(F)F. The molecule has 1 saturated carbocycles. The number of hydrogen-bond acceptors (Lipinski definition) is 6. The highest BCUT2D eigenvalue weighted by molar-refractivity contribution is 6.39. The molecular formula is C22H17Cl2F3N2O4. The molecule has 33 heavy (non-hydrogen) atoms. The van der Waals surface area contributed by atoms with Gasteiger partial charge in [0.1, 0.15) is 18.1 Å². The molecule has 0 amide bonds. The first-order chi connectivity index (χ1) is 15.7. The standard InChI is InChI=1S/C22H17Cl2F3N2O4/c1-2-31-21(30)12-8-9-16(28-20(12)22(25,26)27)32-10-13-18(29-33-19(13)11-6-7-11)17-14(23)4-3-5-15(17)24/h3-5,8-9,11H,2,6-7,10H2,1H3. The average Bonchev–Trinajstić information content (AvgIpc) is 3.52. The lowest BCUT2D eigenvalue weighted by molar-refractivity contribution is -0.142. The van der Waals surface area contributed by atoms with Crippen molar-refractivity contribution in [2.45, 2.75) is 38.5 Å². The van der Waals surface area contributed by atoms with Gasteiger partial charge in [-0.1, -0.05) is 34.4 Å². The summed E-state index contributed by atoms with van der Waals surface area (Å²) < 4.78 is 56.3. The van der Waals surface area contributed by atoms with Crippen LogP contribution >= 0.6 is 23.2 Å². The fraction of sp³-hybridized carbons (Fsp3) is 0.318. The van der Waals surface area contributed by atoms with Gasteiger partial charge in [0.2, 0.25) is 5.88 Å². The Kier molecular flexibility index (Phi) is 6.54. The maximum absolute atomic E-state index is 13.5. The molecule has 1 fully saturated rings. The quantitative estimate of drug-likeness (QED) is 0.336. The Morgan fingerprint density at radius 1 is 1.18 bits per heavy atom. The molecule has 0 unspecified atom stereocenters. The smallest absolute Gasteiger partial charge is 0.434 e. The number of alkyl halides is 3. The van der Waals surface area contributed by atoms with Crippen molar-refractivity contribution in [1.29, 1.82) is 0 Å². The van der Waals surface area contributed by atoms with Crippen LogP contribution in [0.3, 0.4) is 0 Å². The van der Waals surface area contributed by atoms with E-state index >= 15 is 0 Å². The molecule has 4 rings (SSSR count). The lowest BCUT2D eigenvalue weighted by atomic mass is 10.0. The fourth-order valence-electron chi connectivity index (χ4n) is 3.31. The van der Waals surface area contributed by atoms with E-state index in [0.717, 1.165) is 18.9 Å². The molecule has 0 N–H and O–H groups in total. The summed E-state index contributed by atoms with van der Waals surface area (Å²) in [7, 11) is 0. The van der Waals surface area contributed by atoms with Crippen LogP contribution in [0.25, 0.3) is 11.3 Å². The van der Waals surface area contributed by atoms with E-state index in [0.29, 0.717) is 32.6 Å². The van der Waals surface area contributed by atoms with Gasteiger partial charge in [-0.15, -0.1) is 0 Å². The minimum absolute atomic E-state index is 0.0702. The van der Waals surface area contributed by atoms with Crippen molar-refractivity contribution in [2.75, 3.05) is 6.61 Å². The van der Waals surface area contributed by atoms with Crippen LogP contribution in [0.5, 0.6) is 5.88 Å². The molecule has 1 aliphatic carbocycles. The first kappa shape index (κ1) is 23.4. The maximum Gasteiger partial charge on any atom is 0.434 e. The molecule has 1 aliphatic rings. The van der Waals surface area contributed by atoms with Crippen LogP contribution < -0.4 is 4.74 Å². The molecule has 0 spiro atoms. The number of ether oxygens (including phenoxy) is 2. The summed E-state index contributed by atoms with van der Waals surface area (Å²) in [5.41, 5.74) is -0.759. The minimum Gasteiger partial charge on any atom is -0.473 e. The Morgan fingerprint density at radius 3 is 2.48 bits per heavy atom. The topological polar surface area (TPSA) is 74.5 Å². The van der Waals surface area contributed by atoms with Gasteiger partial charge in [-0.25, -0.2) is 9.78 Å². The summed E-state index contributed by atoms with van der Waals surface area (Å²) in [4.78, 5) is 15.4. The summed E-state index contributed by atoms with van der Waals surface area (Å²) in [6.45, 7) is 1.24. The van der Waals surface area contributed by atoms with Crippen molar-refractivity contribution in [3.8, 4) is 17.1 Å². The predicted octanol–water partition coefficient (Wildman–Crippen LogP) is 6.70. The molecule has 6 nitrogen and oxygen atoms in total. The third-order valence-corrected chi connectivity index (χ3v) is 5.59. The van der Waals surface area contributed by atoms with E-state index in [1.165, 1.54) is 13.0 Å². The molecular weight excluding hydrogens is 484 g/mol. The highest BCUT2D eigenvalue weighted by Gasteiger charge is 2.39. The minimum atomic E-state index is -4.88. The first-order valence-electron chi connectivity index (χ1n) is 10.0. The zero-order chi connectivity index (χ0) is 23.8. The van der Waals surface area contributed by atoms with Gasteiger partial charge in [-0.3, -0.25) is 0 Å². The maximum atomic E-state index is 13.5. The summed E-state index contributed by atoms with van der Waals surface area (Å²) in [5, 5.41) is 4.80. The number of hydrogen-bond donors (Lipinski definition) is 0. The lowest BCUT2D eigenvalue weighted by Gasteiger charge is -2.13. The van der Waals surface area contributed by atoms with Crippen molar-refractivity contribution in [1.82, 2.24) is 10.1 Å². The normalized spacial score (nSPS) is 13.8. The number of halogens is 5. The molecule has 11 heteroatoms. The van der Waals surface area contributed by atoms with Crippen molar-refractivity contribution in [3.05, 3.63) is 63.0 Å².